The number of carbonyl (C=O) groups excluding carboxylic acids is 1. The van der Waals surface area contributed by atoms with Gasteiger partial charge in [0.15, 0.2) is 9.84 Å². The van der Waals surface area contributed by atoms with Crippen molar-refractivity contribution in [2.75, 3.05) is 28.2 Å². The average Bonchev–Trinajstić information content (AvgIpc) is 3.15. The van der Waals surface area contributed by atoms with E-state index in [0.717, 1.165) is 31.1 Å². The van der Waals surface area contributed by atoms with Crippen molar-refractivity contribution in [3.8, 4) is 0 Å². The Bertz CT molecular complexity index is 1230. The summed E-state index contributed by atoms with van der Waals surface area (Å²) in [5, 5.41) is 0. The molecule has 1 aliphatic rings. The molecule has 7 nitrogen and oxygen atoms in total. The maximum absolute atomic E-state index is 13.2. The van der Waals surface area contributed by atoms with Crippen molar-refractivity contribution >= 4 is 37.1 Å². The van der Waals surface area contributed by atoms with Gasteiger partial charge in [-0.2, -0.15) is 0 Å². The number of fused-ring (bicyclic) bond motifs is 1. The zero-order chi connectivity index (χ0) is 23.4. The Morgan fingerprint density at radius 1 is 1.09 bits per heavy atom. The molecule has 1 heterocycles. The van der Waals surface area contributed by atoms with Crippen LogP contribution in [0.4, 0.5) is 11.4 Å². The average molecular weight is 477 g/mol. The third-order valence-electron chi connectivity index (χ3n) is 5.21. The van der Waals surface area contributed by atoms with E-state index in [1.807, 2.05) is 6.08 Å². The Balaban J connectivity index is 1.82. The molecule has 1 aliphatic heterocycles. The summed E-state index contributed by atoms with van der Waals surface area (Å²) in [5.41, 5.74) is 1.87. The number of para-hydroxylation sites is 1. The number of amides is 1. The Kier molecular flexibility index (Phi) is 7.40. The number of sulfone groups is 1. The first-order chi connectivity index (χ1) is 15.1. The van der Waals surface area contributed by atoms with Gasteiger partial charge >= 0.3 is 0 Å². The highest BCUT2D eigenvalue weighted by molar-refractivity contribution is 7.92. The molecule has 172 valence electrons. The van der Waals surface area contributed by atoms with Crippen LogP contribution in [0.5, 0.6) is 0 Å². The zero-order valence-corrected chi connectivity index (χ0v) is 19.9. The molecule has 1 N–H and O–H groups in total. The van der Waals surface area contributed by atoms with Crippen LogP contribution in [0, 0.1) is 0 Å². The largest absolute Gasteiger partial charge is 0.308 e. The van der Waals surface area contributed by atoms with Crippen LogP contribution < -0.4 is 9.62 Å². The normalized spacial score (nSPS) is 14.0. The molecule has 3 rings (SSSR count). The molecule has 0 saturated carbocycles. The second-order valence-electron chi connectivity index (χ2n) is 7.81. The topological polar surface area (TPSA) is 101 Å². The lowest BCUT2D eigenvalue weighted by molar-refractivity contribution is 0.0990. The minimum Gasteiger partial charge on any atom is -0.308 e. The molecule has 2 aromatic rings. The second kappa shape index (κ2) is 9.87. The third-order valence-corrected chi connectivity index (χ3v) is 7.40. The van der Waals surface area contributed by atoms with Crippen molar-refractivity contribution in [3.05, 3.63) is 65.7 Å². The van der Waals surface area contributed by atoms with Crippen molar-refractivity contribution < 1.29 is 21.6 Å². The van der Waals surface area contributed by atoms with Gasteiger partial charge in [0.25, 0.3) is 5.91 Å². The molecule has 0 saturated heterocycles. The standard InChI is InChI=1S/C23H28N2O5S2/c1-3-4-5-6-9-16-32(29,30)19-12-13-22-18(17-19)14-15-25(22)23(26)20-10-7-8-11-21(20)24-31(2,27)28/h6-13,17,24H,3-5,14-16H2,1-2H3/b9-6+. The molecule has 0 aromatic heterocycles. The molecule has 0 atom stereocenters. The summed E-state index contributed by atoms with van der Waals surface area (Å²) in [7, 11) is -7.00. The van der Waals surface area contributed by atoms with E-state index in [1.54, 1.807) is 41.3 Å². The van der Waals surface area contributed by atoms with Crippen molar-refractivity contribution in [1.82, 2.24) is 0 Å². The minimum absolute atomic E-state index is 0.0529. The van der Waals surface area contributed by atoms with Gasteiger partial charge in [-0.3, -0.25) is 9.52 Å². The quantitative estimate of drug-likeness (QED) is 0.438. The molecule has 0 fully saturated rings. The number of unbranched alkanes of at least 4 members (excludes halogenated alkanes) is 2. The number of rotatable bonds is 9. The highest BCUT2D eigenvalue weighted by Crippen LogP contribution is 2.33. The molecule has 2 aromatic carbocycles. The summed E-state index contributed by atoms with van der Waals surface area (Å²) < 4.78 is 51.1. The fourth-order valence-electron chi connectivity index (χ4n) is 3.62. The predicted molar refractivity (Wildman–Crippen MR) is 127 cm³/mol. The number of carbonyl (C=O) groups is 1. The number of benzene rings is 2. The summed E-state index contributed by atoms with van der Waals surface area (Å²) in [6, 6.07) is 11.2. The van der Waals surface area contributed by atoms with Gasteiger partial charge in [0, 0.05) is 12.2 Å². The van der Waals surface area contributed by atoms with Crippen molar-refractivity contribution in [1.29, 1.82) is 0 Å². The summed E-state index contributed by atoms with van der Waals surface area (Å²) in [6.07, 6.45) is 8.10. The highest BCUT2D eigenvalue weighted by atomic mass is 32.2. The molecular formula is C23H28N2O5S2. The van der Waals surface area contributed by atoms with Crippen molar-refractivity contribution in [3.63, 3.8) is 0 Å². The second-order valence-corrected chi connectivity index (χ2v) is 11.6. The first kappa shape index (κ1) is 24.0. The van der Waals surface area contributed by atoms with Crippen LogP contribution in [0.15, 0.2) is 59.5 Å². The van der Waals surface area contributed by atoms with Crippen LogP contribution in [-0.4, -0.2) is 41.3 Å². The molecule has 32 heavy (non-hydrogen) atoms. The van der Waals surface area contributed by atoms with Crippen LogP contribution in [0.25, 0.3) is 0 Å². The summed E-state index contributed by atoms with van der Waals surface area (Å²) in [5.74, 6) is -0.396. The van der Waals surface area contributed by atoms with Crippen LogP contribution >= 0.6 is 0 Å². The number of hydrogen-bond acceptors (Lipinski definition) is 5. The number of anilines is 2. The van der Waals surface area contributed by atoms with Gasteiger partial charge in [-0.05, 0) is 48.7 Å². The molecule has 0 unspecified atom stereocenters. The van der Waals surface area contributed by atoms with Gasteiger partial charge in [-0.1, -0.05) is 44.1 Å². The fourth-order valence-corrected chi connectivity index (χ4v) is 5.37. The van der Waals surface area contributed by atoms with E-state index in [4.69, 9.17) is 0 Å². The van der Waals surface area contributed by atoms with Gasteiger partial charge in [-0.25, -0.2) is 16.8 Å². The third kappa shape index (κ3) is 5.77. The van der Waals surface area contributed by atoms with Gasteiger partial charge in [0.1, 0.15) is 0 Å². The van der Waals surface area contributed by atoms with E-state index in [1.165, 1.54) is 12.1 Å². The van der Waals surface area contributed by atoms with Crippen molar-refractivity contribution in [2.45, 2.75) is 37.5 Å². The maximum Gasteiger partial charge on any atom is 0.260 e. The van der Waals surface area contributed by atoms with Gasteiger partial charge in [0.2, 0.25) is 10.0 Å². The molecule has 0 bridgehead atoms. The summed E-state index contributed by atoms with van der Waals surface area (Å²) in [4.78, 5) is 15.0. The predicted octanol–water partition coefficient (Wildman–Crippen LogP) is 3.78. The Morgan fingerprint density at radius 2 is 1.84 bits per heavy atom. The fraction of sp³-hybridized carbons (Fsp3) is 0.348. The Labute approximate surface area is 190 Å². The van der Waals surface area contributed by atoms with Crippen LogP contribution in [0.2, 0.25) is 0 Å². The molecule has 9 heteroatoms. The smallest absolute Gasteiger partial charge is 0.260 e. The zero-order valence-electron chi connectivity index (χ0n) is 18.2. The lowest BCUT2D eigenvalue weighted by Gasteiger charge is -2.19. The Morgan fingerprint density at radius 3 is 2.56 bits per heavy atom. The number of nitrogens with zero attached hydrogens (tertiary/aromatic N) is 1. The van der Waals surface area contributed by atoms with Crippen LogP contribution in [-0.2, 0) is 26.3 Å². The first-order valence-corrected chi connectivity index (χ1v) is 14.1. The van der Waals surface area contributed by atoms with Crippen LogP contribution in [0.1, 0.15) is 42.1 Å². The summed E-state index contributed by atoms with van der Waals surface area (Å²) in [6.45, 7) is 2.48. The first-order valence-electron chi connectivity index (χ1n) is 10.5. The number of nitrogens with one attached hydrogen (secondary N) is 1. The monoisotopic (exact) mass is 476 g/mol. The summed E-state index contributed by atoms with van der Waals surface area (Å²) >= 11 is 0. The SMILES string of the molecule is CCCC/C=C/CS(=O)(=O)c1ccc2c(c1)CCN2C(=O)c1ccccc1NS(C)(=O)=O. The Hall–Kier alpha value is -2.65. The molecule has 1 amide bonds. The van der Waals surface area contributed by atoms with Crippen molar-refractivity contribution in [2.24, 2.45) is 0 Å². The van der Waals surface area contributed by atoms with E-state index >= 15 is 0 Å². The van der Waals surface area contributed by atoms with Crippen LogP contribution in [0.3, 0.4) is 0 Å². The minimum atomic E-state index is -3.55. The van der Waals surface area contributed by atoms with Gasteiger partial charge in [-0.15, -0.1) is 0 Å². The molecule has 0 spiro atoms. The maximum atomic E-state index is 13.2. The van der Waals surface area contributed by atoms with E-state index in [2.05, 4.69) is 11.6 Å². The van der Waals surface area contributed by atoms with Gasteiger partial charge in [0.05, 0.1) is 28.2 Å². The number of allylic oxidation sites excluding steroid dienone is 1. The molecule has 0 aliphatic carbocycles. The van der Waals surface area contributed by atoms with E-state index in [-0.39, 0.29) is 27.8 Å². The molecular weight excluding hydrogens is 448 g/mol. The van der Waals surface area contributed by atoms with E-state index < -0.39 is 19.9 Å². The number of hydrogen-bond donors (Lipinski definition) is 1. The lowest BCUT2D eigenvalue weighted by atomic mass is 10.1. The lowest BCUT2D eigenvalue weighted by Crippen LogP contribution is -2.30. The number of sulfonamides is 1. The molecule has 0 radical (unpaired) electrons. The highest BCUT2D eigenvalue weighted by Gasteiger charge is 2.28. The van der Waals surface area contributed by atoms with E-state index in [0.29, 0.717) is 18.7 Å². The van der Waals surface area contributed by atoms with E-state index in [9.17, 15) is 21.6 Å². The van der Waals surface area contributed by atoms with Gasteiger partial charge < -0.3 is 4.90 Å².